The average molecular weight is 217 g/mol. The van der Waals surface area contributed by atoms with Gasteiger partial charge in [0, 0.05) is 20.2 Å². The highest BCUT2D eigenvalue weighted by molar-refractivity contribution is 5.67. The predicted molar refractivity (Wildman–Crippen MR) is 59.8 cm³/mol. The number of unbranched alkanes of at least 4 members (excludes halogenated alkanes) is 2. The van der Waals surface area contributed by atoms with Gasteiger partial charge in [-0.2, -0.15) is 0 Å². The number of hydrogen-bond donors (Lipinski definition) is 1. The van der Waals surface area contributed by atoms with E-state index in [0.717, 1.165) is 19.3 Å². The van der Waals surface area contributed by atoms with E-state index in [-0.39, 0.29) is 12.7 Å². The Bertz CT molecular complexity index is 187. The minimum atomic E-state index is -0.434. The first-order valence-electron chi connectivity index (χ1n) is 5.42. The van der Waals surface area contributed by atoms with Crippen molar-refractivity contribution in [2.24, 2.45) is 0 Å². The zero-order chi connectivity index (χ0) is 11.9. The lowest BCUT2D eigenvalue weighted by molar-refractivity contribution is 0.0296. The van der Waals surface area contributed by atoms with Gasteiger partial charge in [-0.15, -0.1) is 0 Å². The molecule has 0 unspecified atom stereocenters. The van der Waals surface area contributed by atoms with Crippen molar-refractivity contribution in [1.82, 2.24) is 4.90 Å². The van der Waals surface area contributed by atoms with Crippen molar-refractivity contribution >= 4 is 6.09 Å². The van der Waals surface area contributed by atoms with Crippen LogP contribution in [0, 0.1) is 0 Å². The van der Waals surface area contributed by atoms with Gasteiger partial charge in [-0.3, -0.25) is 0 Å². The van der Waals surface area contributed by atoms with Gasteiger partial charge in [0.05, 0.1) is 0 Å². The van der Waals surface area contributed by atoms with Gasteiger partial charge in [-0.25, -0.2) is 4.79 Å². The van der Waals surface area contributed by atoms with Gasteiger partial charge in [0.25, 0.3) is 0 Å². The van der Waals surface area contributed by atoms with E-state index >= 15 is 0 Å². The number of amides is 1. The third kappa shape index (κ3) is 8.24. The normalized spacial score (nSPS) is 11.3. The first-order valence-corrected chi connectivity index (χ1v) is 5.42. The Labute approximate surface area is 92.2 Å². The molecular weight excluding hydrogens is 194 g/mol. The van der Waals surface area contributed by atoms with E-state index < -0.39 is 5.60 Å². The predicted octanol–water partition coefficient (Wildman–Crippen LogP) is 2.02. The lowest BCUT2D eigenvalue weighted by Crippen LogP contribution is -2.34. The van der Waals surface area contributed by atoms with Gasteiger partial charge in [0.15, 0.2) is 0 Å². The second kappa shape index (κ2) is 6.67. The van der Waals surface area contributed by atoms with Crippen LogP contribution in [-0.2, 0) is 4.74 Å². The van der Waals surface area contributed by atoms with Crippen molar-refractivity contribution in [2.75, 3.05) is 20.2 Å². The number of ether oxygens (including phenoxy) is 1. The summed E-state index contributed by atoms with van der Waals surface area (Å²) in [5.74, 6) is 0. The van der Waals surface area contributed by atoms with Gasteiger partial charge in [0.2, 0.25) is 0 Å². The second-order valence-electron chi connectivity index (χ2n) is 4.69. The highest BCUT2D eigenvalue weighted by atomic mass is 16.6. The number of aliphatic hydroxyl groups is 1. The number of aliphatic hydroxyl groups excluding tert-OH is 1. The summed E-state index contributed by atoms with van der Waals surface area (Å²) >= 11 is 0. The Balaban J connectivity index is 3.70. The molecule has 0 atom stereocenters. The molecule has 0 aromatic rings. The third-order valence-corrected chi connectivity index (χ3v) is 1.86. The Kier molecular flexibility index (Phi) is 6.32. The molecule has 1 N–H and O–H groups in total. The van der Waals surface area contributed by atoms with Crippen molar-refractivity contribution in [3.8, 4) is 0 Å². The largest absolute Gasteiger partial charge is 0.444 e. The molecule has 0 aliphatic carbocycles. The van der Waals surface area contributed by atoms with Crippen molar-refractivity contribution in [1.29, 1.82) is 0 Å². The molecule has 0 saturated heterocycles. The minimum Gasteiger partial charge on any atom is -0.444 e. The van der Waals surface area contributed by atoms with E-state index in [1.54, 1.807) is 11.9 Å². The second-order valence-corrected chi connectivity index (χ2v) is 4.69. The van der Waals surface area contributed by atoms with Crippen LogP contribution in [0.5, 0.6) is 0 Å². The maximum absolute atomic E-state index is 11.5. The molecule has 0 aromatic heterocycles. The molecule has 0 heterocycles. The van der Waals surface area contributed by atoms with Gasteiger partial charge >= 0.3 is 6.09 Å². The maximum atomic E-state index is 11.5. The van der Waals surface area contributed by atoms with Gasteiger partial charge in [-0.05, 0) is 40.0 Å². The van der Waals surface area contributed by atoms with E-state index in [1.165, 1.54) is 0 Å². The standard InChI is InChI=1S/C11H23NO3/c1-11(2,3)15-10(14)12(4)8-6-5-7-9-13/h13H,5-9H2,1-4H3. The highest BCUT2D eigenvalue weighted by Gasteiger charge is 2.18. The zero-order valence-corrected chi connectivity index (χ0v) is 10.2. The smallest absolute Gasteiger partial charge is 0.410 e. The number of hydrogen-bond acceptors (Lipinski definition) is 3. The van der Waals surface area contributed by atoms with Crippen LogP contribution in [0.4, 0.5) is 4.79 Å². The summed E-state index contributed by atoms with van der Waals surface area (Å²) in [4.78, 5) is 13.0. The van der Waals surface area contributed by atoms with Crippen LogP contribution < -0.4 is 0 Å². The number of carbonyl (C=O) groups excluding carboxylic acids is 1. The third-order valence-electron chi connectivity index (χ3n) is 1.86. The van der Waals surface area contributed by atoms with Gasteiger partial charge in [0.1, 0.15) is 5.60 Å². The molecule has 0 spiro atoms. The summed E-state index contributed by atoms with van der Waals surface area (Å²) in [7, 11) is 1.73. The molecule has 90 valence electrons. The van der Waals surface area contributed by atoms with Crippen LogP contribution in [-0.4, -0.2) is 41.9 Å². The lowest BCUT2D eigenvalue weighted by Gasteiger charge is -2.24. The SMILES string of the molecule is CN(CCCCCO)C(=O)OC(C)(C)C. The van der Waals surface area contributed by atoms with Gasteiger partial charge in [-0.1, -0.05) is 0 Å². The summed E-state index contributed by atoms with van der Waals surface area (Å²) in [6.07, 6.45) is 2.34. The molecule has 0 bridgehead atoms. The topological polar surface area (TPSA) is 49.8 Å². The zero-order valence-electron chi connectivity index (χ0n) is 10.2. The van der Waals surface area contributed by atoms with Crippen LogP contribution in [0.2, 0.25) is 0 Å². The fourth-order valence-corrected chi connectivity index (χ4v) is 1.07. The number of carbonyl (C=O) groups is 1. The van der Waals surface area contributed by atoms with E-state index in [0.29, 0.717) is 6.54 Å². The van der Waals surface area contributed by atoms with Crippen LogP contribution in [0.15, 0.2) is 0 Å². The average Bonchev–Trinajstić information content (AvgIpc) is 2.09. The van der Waals surface area contributed by atoms with E-state index in [1.807, 2.05) is 20.8 Å². The van der Waals surface area contributed by atoms with E-state index in [2.05, 4.69) is 0 Å². The number of rotatable bonds is 5. The molecule has 4 heteroatoms. The van der Waals surface area contributed by atoms with Crippen molar-refractivity contribution in [2.45, 2.75) is 45.6 Å². The monoisotopic (exact) mass is 217 g/mol. The van der Waals surface area contributed by atoms with Gasteiger partial charge < -0.3 is 14.7 Å². The highest BCUT2D eigenvalue weighted by Crippen LogP contribution is 2.09. The molecule has 0 aliphatic heterocycles. The first kappa shape index (κ1) is 14.2. The maximum Gasteiger partial charge on any atom is 0.410 e. The van der Waals surface area contributed by atoms with E-state index in [9.17, 15) is 4.79 Å². The summed E-state index contributed by atoms with van der Waals surface area (Å²) in [5.41, 5.74) is -0.434. The molecule has 0 saturated carbocycles. The Morgan fingerprint density at radius 1 is 1.27 bits per heavy atom. The van der Waals surface area contributed by atoms with Crippen LogP contribution in [0.1, 0.15) is 40.0 Å². The lowest BCUT2D eigenvalue weighted by atomic mass is 10.2. The molecule has 15 heavy (non-hydrogen) atoms. The van der Waals surface area contributed by atoms with E-state index in [4.69, 9.17) is 9.84 Å². The molecule has 0 aromatic carbocycles. The molecule has 0 aliphatic rings. The quantitative estimate of drug-likeness (QED) is 0.717. The molecule has 1 amide bonds. The van der Waals surface area contributed by atoms with Crippen molar-refractivity contribution in [3.05, 3.63) is 0 Å². The Hall–Kier alpha value is -0.770. The molecule has 0 rings (SSSR count). The van der Waals surface area contributed by atoms with Crippen molar-refractivity contribution in [3.63, 3.8) is 0 Å². The Morgan fingerprint density at radius 2 is 1.87 bits per heavy atom. The van der Waals surface area contributed by atoms with Crippen molar-refractivity contribution < 1.29 is 14.6 Å². The van der Waals surface area contributed by atoms with Crippen LogP contribution >= 0.6 is 0 Å². The Morgan fingerprint density at radius 3 is 2.33 bits per heavy atom. The van der Waals surface area contributed by atoms with Crippen LogP contribution in [0.3, 0.4) is 0 Å². The van der Waals surface area contributed by atoms with Crippen LogP contribution in [0.25, 0.3) is 0 Å². The summed E-state index contributed by atoms with van der Waals surface area (Å²) in [5, 5.41) is 8.59. The minimum absolute atomic E-state index is 0.218. The molecular formula is C11H23NO3. The molecule has 4 nitrogen and oxygen atoms in total. The first-order chi connectivity index (χ1) is 6.87. The fraction of sp³-hybridized carbons (Fsp3) is 0.909. The number of nitrogens with zero attached hydrogens (tertiary/aromatic N) is 1. The molecule has 0 radical (unpaired) electrons. The summed E-state index contributed by atoms with van der Waals surface area (Å²) in [6, 6.07) is 0. The summed E-state index contributed by atoms with van der Waals surface area (Å²) < 4.78 is 5.19. The molecule has 0 fully saturated rings. The fourth-order valence-electron chi connectivity index (χ4n) is 1.07. The summed E-state index contributed by atoms with van der Waals surface area (Å²) in [6.45, 7) is 6.45.